The lowest BCUT2D eigenvalue weighted by Gasteiger charge is -2.10. The van der Waals surface area contributed by atoms with Crippen LogP contribution in [0.15, 0.2) is 24.5 Å². The Hall–Kier alpha value is -2.30. The van der Waals surface area contributed by atoms with Crippen LogP contribution in [0.25, 0.3) is 0 Å². The van der Waals surface area contributed by atoms with Crippen molar-refractivity contribution in [2.24, 2.45) is 0 Å². The standard InChI is InChI=1S/C17H16FN3O/c1-17(18)8-10-7-11(5-6-12(10)15(17)22)21-16-13-3-2-4-14(13)19-9-20-16/h5-7,9H,2-4,8H2,1H3,(H,19,20,21). The first-order valence-electron chi connectivity index (χ1n) is 7.51. The van der Waals surface area contributed by atoms with Crippen LogP contribution in [0.1, 0.15) is 40.5 Å². The van der Waals surface area contributed by atoms with Crippen molar-refractivity contribution >= 4 is 17.3 Å². The molecule has 1 atom stereocenters. The molecule has 1 heterocycles. The van der Waals surface area contributed by atoms with Crippen molar-refractivity contribution in [3.8, 4) is 0 Å². The number of hydrogen-bond donors (Lipinski definition) is 1. The molecule has 0 aliphatic heterocycles. The van der Waals surface area contributed by atoms with Crippen LogP contribution in [0.3, 0.4) is 0 Å². The van der Waals surface area contributed by atoms with Gasteiger partial charge in [0.25, 0.3) is 0 Å². The minimum atomic E-state index is -1.78. The predicted octanol–water partition coefficient (Wildman–Crippen LogP) is 3.18. The average Bonchev–Trinajstić information content (AvgIpc) is 3.03. The van der Waals surface area contributed by atoms with E-state index in [1.54, 1.807) is 12.4 Å². The zero-order valence-corrected chi connectivity index (χ0v) is 12.3. The van der Waals surface area contributed by atoms with Crippen molar-refractivity contribution < 1.29 is 9.18 Å². The van der Waals surface area contributed by atoms with Gasteiger partial charge in [0.15, 0.2) is 11.5 Å². The molecule has 2 aliphatic carbocycles. The third kappa shape index (κ3) is 2.00. The molecular weight excluding hydrogens is 281 g/mol. The Morgan fingerprint density at radius 3 is 3.00 bits per heavy atom. The van der Waals surface area contributed by atoms with Crippen molar-refractivity contribution in [1.82, 2.24) is 9.97 Å². The molecule has 1 aromatic heterocycles. The number of nitrogens with one attached hydrogen (secondary N) is 1. The third-order valence-corrected chi connectivity index (χ3v) is 4.48. The first kappa shape index (κ1) is 13.4. The number of nitrogens with zero attached hydrogens (tertiary/aromatic N) is 2. The molecule has 2 aliphatic rings. The van der Waals surface area contributed by atoms with E-state index >= 15 is 0 Å². The molecule has 0 amide bonds. The molecule has 0 saturated carbocycles. The summed E-state index contributed by atoms with van der Waals surface area (Å²) in [6.45, 7) is 1.35. The highest BCUT2D eigenvalue weighted by Gasteiger charge is 2.41. The molecule has 0 saturated heterocycles. The number of hydrogen-bond acceptors (Lipinski definition) is 4. The lowest BCUT2D eigenvalue weighted by atomic mass is 10.1. The Morgan fingerprint density at radius 1 is 1.27 bits per heavy atom. The number of fused-ring (bicyclic) bond motifs is 2. The van der Waals surface area contributed by atoms with Crippen LogP contribution in [-0.4, -0.2) is 21.4 Å². The number of aryl methyl sites for hydroxylation is 1. The summed E-state index contributed by atoms with van der Waals surface area (Å²) < 4.78 is 14.1. The number of rotatable bonds is 2. The molecular formula is C17H16FN3O. The van der Waals surface area contributed by atoms with E-state index in [1.165, 1.54) is 6.92 Å². The molecule has 1 unspecified atom stereocenters. The van der Waals surface area contributed by atoms with Gasteiger partial charge in [-0.1, -0.05) is 0 Å². The number of carbonyl (C=O) groups excluding carboxylic acids is 1. The summed E-state index contributed by atoms with van der Waals surface area (Å²) in [5.41, 5.74) is 2.56. The van der Waals surface area contributed by atoms with E-state index in [1.807, 2.05) is 12.1 Å². The van der Waals surface area contributed by atoms with Gasteiger partial charge in [0, 0.05) is 28.9 Å². The fourth-order valence-electron chi connectivity index (χ4n) is 3.36. The first-order valence-corrected chi connectivity index (χ1v) is 7.51. The summed E-state index contributed by atoms with van der Waals surface area (Å²) in [4.78, 5) is 20.5. The Morgan fingerprint density at radius 2 is 2.14 bits per heavy atom. The Bertz CT molecular complexity index is 785. The highest BCUT2D eigenvalue weighted by atomic mass is 19.1. The number of alkyl halides is 1. The Kier molecular flexibility index (Phi) is 2.79. The quantitative estimate of drug-likeness (QED) is 0.925. The minimum absolute atomic E-state index is 0.137. The highest BCUT2D eigenvalue weighted by Crippen LogP contribution is 2.35. The first-order chi connectivity index (χ1) is 10.5. The third-order valence-electron chi connectivity index (χ3n) is 4.48. The number of anilines is 2. The number of halogens is 1. The average molecular weight is 297 g/mol. The molecule has 5 heteroatoms. The molecule has 2 aromatic rings. The van der Waals surface area contributed by atoms with Crippen LogP contribution in [-0.2, 0) is 19.3 Å². The monoisotopic (exact) mass is 297 g/mol. The largest absolute Gasteiger partial charge is 0.340 e. The van der Waals surface area contributed by atoms with Crippen LogP contribution in [0, 0.1) is 0 Å². The number of carbonyl (C=O) groups is 1. The second-order valence-electron chi connectivity index (χ2n) is 6.20. The second kappa shape index (κ2) is 4.60. The van der Waals surface area contributed by atoms with Gasteiger partial charge in [-0.3, -0.25) is 4.79 Å². The summed E-state index contributed by atoms with van der Waals surface area (Å²) in [6, 6.07) is 5.36. The molecule has 22 heavy (non-hydrogen) atoms. The Balaban J connectivity index is 1.67. The van der Waals surface area contributed by atoms with Crippen LogP contribution in [0.2, 0.25) is 0 Å². The van der Waals surface area contributed by atoms with Crippen LogP contribution < -0.4 is 5.32 Å². The maximum absolute atomic E-state index is 14.1. The SMILES string of the molecule is CC1(F)Cc2cc(Nc3ncnc4c3CCC4)ccc2C1=O. The summed E-state index contributed by atoms with van der Waals surface area (Å²) in [7, 11) is 0. The van der Waals surface area contributed by atoms with Crippen LogP contribution >= 0.6 is 0 Å². The molecule has 4 nitrogen and oxygen atoms in total. The lowest BCUT2D eigenvalue weighted by Crippen LogP contribution is -2.25. The maximum Gasteiger partial charge on any atom is 0.200 e. The fourth-order valence-corrected chi connectivity index (χ4v) is 3.36. The van der Waals surface area contributed by atoms with E-state index in [2.05, 4.69) is 15.3 Å². The summed E-state index contributed by atoms with van der Waals surface area (Å²) in [6.07, 6.45) is 4.78. The summed E-state index contributed by atoms with van der Waals surface area (Å²) in [5, 5.41) is 3.29. The number of Topliss-reactive ketones (excluding diaryl/α,β-unsaturated/α-hetero) is 1. The molecule has 0 spiro atoms. The molecule has 1 N–H and O–H groups in total. The smallest absolute Gasteiger partial charge is 0.200 e. The van der Waals surface area contributed by atoms with Gasteiger partial charge in [-0.05, 0) is 49.9 Å². The fraction of sp³-hybridized carbons (Fsp3) is 0.353. The zero-order valence-electron chi connectivity index (χ0n) is 12.3. The predicted molar refractivity (Wildman–Crippen MR) is 81.3 cm³/mol. The van der Waals surface area contributed by atoms with E-state index in [9.17, 15) is 9.18 Å². The van der Waals surface area contributed by atoms with Gasteiger partial charge in [0.1, 0.15) is 12.1 Å². The van der Waals surface area contributed by atoms with Crippen molar-refractivity contribution in [2.45, 2.75) is 38.3 Å². The van der Waals surface area contributed by atoms with Crippen molar-refractivity contribution in [3.63, 3.8) is 0 Å². The molecule has 0 radical (unpaired) electrons. The van der Waals surface area contributed by atoms with E-state index in [0.29, 0.717) is 5.56 Å². The van der Waals surface area contributed by atoms with Gasteiger partial charge in [-0.25, -0.2) is 14.4 Å². The van der Waals surface area contributed by atoms with Gasteiger partial charge in [0.2, 0.25) is 0 Å². The van der Waals surface area contributed by atoms with Crippen LogP contribution in [0.5, 0.6) is 0 Å². The molecule has 112 valence electrons. The van der Waals surface area contributed by atoms with Gasteiger partial charge in [-0.2, -0.15) is 0 Å². The maximum atomic E-state index is 14.1. The summed E-state index contributed by atoms with van der Waals surface area (Å²) in [5.74, 6) is 0.395. The number of aromatic nitrogens is 2. The van der Waals surface area contributed by atoms with E-state index in [-0.39, 0.29) is 6.42 Å². The number of ketones is 1. The van der Waals surface area contributed by atoms with Gasteiger partial charge < -0.3 is 5.32 Å². The Labute approximate surface area is 127 Å². The molecule has 1 aromatic carbocycles. The molecule has 4 rings (SSSR count). The molecule has 0 fully saturated rings. The van der Waals surface area contributed by atoms with Crippen molar-refractivity contribution in [3.05, 3.63) is 46.9 Å². The normalized spacial score (nSPS) is 22.5. The zero-order chi connectivity index (χ0) is 15.3. The van der Waals surface area contributed by atoms with Crippen molar-refractivity contribution in [1.29, 1.82) is 0 Å². The van der Waals surface area contributed by atoms with Crippen LogP contribution in [0.4, 0.5) is 15.9 Å². The van der Waals surface area contributed by atoms with E-state index < -0.39 is 11.5 Å². The number of benzene rings is 1. The van der Waals surface area contributed by atoms with Gasteiger partial charge in [0.05, 0.1) is 0 Å². The molecule has 0 bridgehead atoms. The summed E-state index contributed by atoms with van der Waals surface area (Å²) >= 11 is 0. The minimum Gasteiger partial charge on any atom is -0.340 e. The van der Waals surface area contributed by atoms with E-state index in [0.717, 1.165) is 47.6 Å². The van der Waals surface area contributed by atoms with Crippen molar-refractivity contribution in [2.75, 3.05) is 5.32 Å². The topological polar surface area (TPSA) is 54.9 Å². The lowest BCUT2D eigenvalue weighted by molar-refractivity contribution is 0.0759. The highest BCUT2D eigenvalue weighted by molar-refractivity contribution is 6.06. The van der Waals surface area contributed by atoms with E-state index in [4.69, 9.17) is 0 Å². The van der Waals surface area contributed by atoms with Gasteiger partial charge in [-0.15, -0.1) is 0 Å². The van der Waals surface area contributed by atoms with Gasteiger partial charge >= 0.3 is 0 Å². The second-order valence-corrected chi connectivity index (χ2v) is 6.20.